The maximum Gasteiger partial charge on any atom is 0.248 e. The molecular formula is C21H29N5O. The fourth-order valence-corrected chi connectivity index (χ4v) is 4.31. The number of hydrogen-bond acceptors (Lipinski definition) is 5. The first-order valence-corrected chi connectivity index (χ1v) is 10.1. The van der Waals surface area contributed by atoms with Crippen molar-refractivity contribution in [2.24, 2.45) is 27.6 Å². The summed E-state index contributed by atoms with van der Waals surface area (Å²) in [6.45, 7) is 4.05. The van der Waals surface area contributed by atoms with Gasteiger partial charge in [-0.05, 0) is 31.6 Å². The summed E-state index contributed by atoms with van der Waals surface area (Å²) < 4.78 is 0. The smallest absolute Gasteiger partial charge is 0.248 e. The van der Waals surface area contributed by atoms with E-state index < -0.39 is 5.54 Å². The molecule has 4 aliphatic rings. The van der Waals surface area contributed by atoms with E-state index in [9.17, 15) is 4.79 Å². The van der Waals surface area contributed by atoms with Crippen LogP contribution in [0, 0.1) is 11.8 Å². The molecule has 0 saturated carbocycles. The summed E-state index contributed by atoms with van der Waals surface area (Å²) in [6.07, 6.45) is 15.6. The summed E-state index contributed by atoms with van der Waals surface area (Å²) in [4.78, 5) is 23.5. The Bertz CT molecular complexity index is 763. The van der Waals surface area contributed by atoms with Gasteiger partial charge in [0.05, 0.1) is 5.54 Å². The molecule has 1 amide bonds. The fourth-order valence-electron chi connectivity index (χ4n) is 4.31. The molecule has 6 heteroatoms. The van der Waals surface area contributed by atoms with Crippen LogP contribution in [-0.2, 0) is 4.79 Å². The average molecular weight is 367 g/mol. The fraction of sp³-hybridized carbons (Fsp3) is 0.571. The largest absolute Gasteiger partial charge is 0.351 e. The molecule has 0 aromatic carbocycles. The standard InChI is InChI=1S/C21H29N5O/c1-2-21(22)10-12-26(19(21)27)18-9-11-23-20(25-18)24-14-15-7-8-16-5-3-4-6-17(16)13-15/h3-6,13,16-17H,2,7-12,14,22H2,1H3,(H,23,24). The number of aliphatic imine (C=N–C) groups is 2. The van der Waals surface area contributed by atoms with Crippen molar-refractivity contribution in [3.8, 4) is 0 Å². The average Bonchev–Trinajstić information content (AvgIpc) is 3.02. The second-order valence-electron chi connectivity index (χ2n) is 7.93. The molecule has 4 rings (SSSR count). The number of guanidine groups is 1. The number of nitrogens with one attached hydrogen (secondary N) is 1. The molecule has 3 N–H and O–H groups in total. The Kier molecular flexibility index (Phi) is 5.00. The highest BCUT2D eigenvalue weighted by molar-refractivity contribution is 6.08. The van der Waals surface area contributed by atoms with Crippen LogP contribution in [0.5, 0.6) is 0 Å². The highest BCUT2D eigenvalue weighted by Crippen LogP contribution is 2.32. The molecule has 2 aliphatic carbocycles. The van der Waals surface area contributed by atoms with Gasteiger partial charge in [-0.1, -0.05) is 42.9 Å². The van der Waals surface area contributed by atoms with E-state index >= 15 is 0 Å². The second-order valence-corrected chi connectivity index (χ2v) is 7.93. The summed E-state index contributed by atoms with van der Waals surface area (Å²) in [5, 5.41) is 3.37. The lowest BCUT2D eigenvalue weighted by atomic mass is 9.78. The molecule has 0 aromatic rings. The van der Waals surface area contributed by atoms with Crippen molar-refractivity contribution in [3.05, 3.63) is 36.0 Å². The number of nitrogens with zero attached hydrogens (tertiary/aromatic N) is 3. The van der Waals surface area contributed by atoms with Crippen LogP contribution in [0.1, 0.15) is 39.0 Å². The number of nitrogens with two attached hydrogens (primary N) is 1. The Labute approximate surface area is 161 Å². The zero-order valence-electron chi connectivity index (χ0n) is 16.0. The number of carbonyl (C=O) groups excluding carboxylic acids is 1. The predicted octanol–water partition coefficient (Wildman–Crippen LogP) is 2.15. The molecule has 6 nitrogen and oxygen atoms in total. The van der Waals surface area contributed by atoms with E-state index in [0.717, 1.165) is 18.8 Å². The normalized spacial score (nSPS) is 32.7. The molecule has 144 valence electrons. The van der Waals surface area contributed by atoms with Gasteiger partial charge in [0.1, 0.15) is 5.84 Å². The maximum absolute atomic E-state index is 12.6. The Hall–Kier alpha value is -2.21. The second kappa shape index (κ2) is 7.43. The first kappa shape index (κ1) is 18.2. The number of fused-ring (bicyclic) bond motifs is 1. The van der Waals surface area contributed by atoms with Crippen LogP contribution < -0.4 is 11.1 Å². The molecule has 27 heavy (non-hydrogen) atoms. The number of hydrogen-bond donors (Lipinski definition) is 2. The first-order valence-electron chi connectivity index (χ1n) is 10.1. The molecule has 1 fully saturated rings. The van der Waals surface area contributed by atoms with E-state index in [4.69, 9.17) is 5.73 Å². The number of amidine groups is 1. The third kappa shape index (κ3) is 3.63. The van der Waals surface area contributed by atoms with Crippen molar-refractivity contribution in [2.45, 2.75) is 44.6 Å². The van der Waals surface area contributed by atoms with Gasteiger partial charge in [0, 0.05) is 32.0 Å². The molecule has 2 aliphatic heterocycles. The lowest BCUT2D eigenvalue weighted by Crippen LogP contribution is -2.49. The molecule has 2 heterocycles. The Balaban J connectivity index is 1.38. The van der Waals surface area contributed by atoms with Crippen molar-refractivity contribution >= 4 is 17.7 Å². The van der Waals surface area contributed by atoms with E-state index in [1.165, 1.54) is 12.0 Å². The number of amides is 1. The third-order valence-electron chi connectivity index (χ3n) is 6.22. The van der Waals surface area contributed by atoms with Gasteiger partial charge in [-0.15, -0.1) is 0 Å². The molecule has 1 saturated heterocycles. The molecule has 3 unspecified atom stereocenters. The summed E-state index contributed by atoms with van der Waals surface area (Å²) >= 11 is 0. The van der Waals surface area contributed by atoms with Crippen molar-refractivity contribution in [2.75, 3.05) is 19.6 Å². The summed E-state index contributed by atoms with van der Waals surface area (Å²) in [7, 11) is 0. The number of allylic oxidation sites excluding steroid dienone is 5. The van der Waals surface area contributed by atoms with Crippen LogP contribution in [0.4, 0.5) is 0 Å². The topological polar surface area (TPSA) is 83.1 Å². The lowest BCUT2D eigenvalue weighted by molar-refractivity contribution is -0.129. The van der Waals surface area contributed by atoms with Crippen molar-refractivity contribution in [1.82, 2.24) is 10.2 Å². The Morgan fingerprint density at radius 2 is 2.19 bits per heavy atom. The summed E-state index contributed by atoms with van der Waals surface area (Å²) in [5.74, 6) is 2.60. The minimum atomic E-state index is -0.726. The molecule has 0 bridgehead atoms. The van der Waals surface area contributed by atoms with Gasteiger partial charge in [-0.3, -0.25) is 14.7 Å². The van der Waals surface area contributed by atoms with Crippen LogP contribution in [0.3, 0.4) is 0 Å². The van der Waals surface area contributed by atoms with Gasteiger partial charge in [0.2, 0.25) is 11.9 Å². The number of likely N-dealkylation sites (tertiary alicyclic amines) is 1. The molecule has 0 spiro atoms. The van der Waals surface area contributed by atoms with Crippen molar-refractivity contribution in [1.29, 1.82) is 0 Å². The first-order chi connectivity index (χ1) is 13.1. The lowest BCUT2D eigenvalue weighted by Gasteiger charge is -2.28. The van der Waals surface area contributed by atoms with E-state index in [0.29, 0.717) is 50.1 Å². The van der Waals surface area contributed by atoms with E-state index in [1.54, 1.807) is 4.90 Å². The van der Waals surface area contributed by atoms with Crippen LogP contribution in [-0.4, -0.2) is 47.8 Å². The SMILES string of the molecule is CCC1(N)CCN(C2=NC(NCC3=CC4C=CC=CC4CC3)=NCC2)C1=O. The van der Waals surface area contributed by atoms with Gasteiger partial charge in [-0.25, -0.2) is 0 Å². The quantitative estimate of drug-likeness (QED) is 0.750. The molecule has 3 atom stereocenters. The van der Waals surface area contributed by atoms with Crippen LogP contribution >= 0.6 is 0 Å². The zero-order valence-corrected chi connectivity index (χ0v) is 16.0. The summed E-state index contributed by atoms with van der Waals surface area (Å²) in [6, 6.07) is 0. The van der Waals surface area contributed by atoms with Gasteiger partial charge in [0.15, 0.2) is 0 Å². The van der Waals surface area contributed by atoms with E-state index in [1.807, 2.05) is 6.92 Å². The van der Waals surface area contributed by atoms with E-state index in [-0.39, 0.29) is 5.91 Å². The van der Waals surface area contributed by atoms with Gasteiger partial charge in [-0.2, -0.15) is 4.99 Å². The Morgan fingerprint density at radius 3 is 3.00 bits per heavy atom. The van der Waals surface area contributed by atoms with Crippen LogP contribution in [0.15, 0.2) is 45.9 Å². The monoisotopic (exact) mass is 367 g/mol. The molecule has 0 radical (unpaired) electrons. The predicted molar refractivity (Wildman–Crippen MR) is 108 cm³/mol. The van der Waals surface area contributed by atoms with Gasteiger partial charge < -0.3 is 11.1 Å². The van der Waals surface area contributed by atoms with Crippen LogP contribution in [0.25, 0.3) is 0 Å². The zero-order chi connectivity index (χ0) is 18.9. The van der Waals surface area contributed by atoms with Crippen LogP contribution in [0.2, 0.25) is 0 Å². The number of rotatable bonds is 3. The molecular weight excluding hydrogens is 338 g/mol. The maximum atomic E-state index is 12.6. The van der Waals surface area contributed by atoms with Gasteiger partial charge in [0.25, 0.3) is 0 Å². The highest BCUT2D eigenvalue weighted by atomic mass is 16.2. The molecule has 0 aromatic heterocycles. The summed E-state index contributed by atoms with van der Waals surface area (Å²) in [5.41, 5.74) is 6.92. The minimum Gasteiger partial charge on any atom is -0.351 e. The van der Waals surface area contributed by atoms with Gasteiger partial charge >= 0.3 is 0 Å². The van der Waals surface area contributed by atoms with Crippen molar-refractivity contribution in [3.63, 3.8) is 0 Å². The number of carbonyl (C=O) groups is 1. The minimum absolute atomic E-state index is 0.00294. The van der Waals surface area contributed by atoms with Crippen molar-refractivity contribution < 1.29 is 4.79 Å². The third-order valence-corrected chi connectivity index (χ3v) is 6.22. The Morgan fingerprint density at radius 1 is 1.33 bits per heavy atom. The van der Waals surface area contributed by atoms with E-state index in [2.05, 4.69) is 45.7 Å². The highest BCUT2D eigenvalue weighted by Gasteiger charge is 2.43.